The lowest BCUT2D eigenvalue weighted by atomic mass is 10.2. The highest BCUT2D eigenvalue weighted by Gasteiger charge is 2.14. The molecule has 17 heavy (non-hydrogen) atoms. The van der Waals surface area contributed by atoms with Crippen LogP contribution in [0.2, 0.25) is 5.02 Å². The van der Waals surface area contributed by atoms with E-state index < -0.39 is 11.7 Å². The number of hydrogen-bond donors (Lipinski definition) is 1. The van der Waals surface area contributed by atoms with Crippen LogP contribution in [0.5, 0.6) is 0 Å². The van der Waals surface area contributed by atoms with Crippen molar-refractivity contribution in [3.8, 4) is 0 Å². The van der Waals surface area contributed by atoms with E-state index in [9.17, 15) is 9.18 Å². The molecule has 1 N–H and O–H groups in total. The molecule has 0 unspecified atom stereocenters. The van der Waals surface area contributed by atoms with Gasteiger partial charge in [-0.2, -0.15) is 0 Å². The molecule has 94 valence electrons. The third-order valence-electron chi connectivity index (χ3n) is 1.94. The monoisotopic (exact) mass is 279 g/mol. The molecule has 1 aromatic rings. The summed E-state index contributed by atoms with van der Waals surface area (Å²) in [5.41, 5.74) is -0.147. The standard InChI is InChI=1S/C11H12Cl2FNO2/c12-4-6-17-7-5-15-11(16)10-8(13)2-1-3-9(10)14/h1-3H,4-7H2,(H,15,16). The minimum Gasteiger partial charge on any atom is -0.378 e. The Bertz CT molecular complexity index is 367. The van der Waals surface area contributed by atoms with Crippen molar-refractivity contribution in [3.05, 3.63) is 34.6 Å². The maximum atomic E-state index is 13.3. The zero-order valence-electron chi connectivity index (χ0n) is 9.01. The Balaban J connectivity index is 2.47. The molecule has 3 nitrogen and oxygen atoms in total. The van der Waals surface area contributed by atoms with Gasteiger partial charge in [0.25, 0.3) is 5.91 Å². The first kappa shape index (κ1) is 14.2. The molecule has 0 aliphatic carbocycles. The van der Waals surface area contributed by atoms with Crippen molar-refractivity contribution in [2.45, 2.75) is 0 Å². The summed E-state index contributed by atoms with van der Waals surface area (Å²) in [5.74, 6) is -0.799. The minimum absolute atomic E-state index is 0.0872. The van der Waals surface area contributed by atoms with Crippen molar-refractivity contribution in [3.63, 3.8) is 0 Å². The predicted molar refractivity (Wildman–Crippen MR) is 65.3 cm³/mol. The van der Waals surface area contributed by atoms with Gasteiger partial charge in [0.15, 0.2) is 0 Å². The number of ether oxygens (including phenoxy) is 1. The lowest BCUT2D eigenvalue weighted by molar-refractivity contribution is 0.0920. The number of halogens is 3. The minimum atomic E-state index is -0.642. The quantitative estimate of drug-likeness (QED) is 0.642. The van der Waals surface area contributed by atoms with Crippen LogP contribution in [0.1, 0.15) is 10.4 Å². The number of nitrogens with one attached hydrogen (secondary N) is 1. The average molecular weight is 280 g/mol. The summed E-state index contributed by atoms with van der Waals surface area (Å²) in [6.45, 7) is 1.02. The summed E-state index contributed by atoms with van der Waals surface area (Å²) in [7, 11) is 0. The van der Waals surface area contributed by atoms with Crippen LogP contribution in [0.4, 0.5) is 4.39 Å². The van der Waals surface area contributed by atoms with E-state index in [1.165, 1.54) is 18.2 Å². The Kier molecular flexibility index (Phi) is 6.26. The molecule has 6 heteroatoms. The van der Waals surface area contributed by atoms with Crippen LogP contribution in [0, 0.1) is 5.82 Å². The number of rotatable bonds is 6. The Morgan fingerprint density at radius 2 is 2.18 bits per heavy atom. The number of carbonyl (C=O) groups excluding carboxylic acids is 1. The van der Waals surface area contributed by atoms with Crippen molar-refractivity contribution in [2.24, 2.45) is 0 Å². The zero-order valence-corrected chi connectivity index (χ0v) is 10.5. The summed E-state index contributed by atoms with van der Waals surface area (Å²) in [6.07, 6.45) is 0. The Labute approximate surface area is 109 Å². The van der Waals surface area contributed by atoms with E-state index in [2.05, 4.69) is 5.32 Å². The van der Waals surface area contributed by atoms with E-state index >= 15 is 0 Å². The first-order chi connectivity index (χ1) is 8.16. The fourth-order valence-electron chi connectivity index (χ4n) is 1.20. The smallest absolute Gasteiger partial charge is 0.255 e. The van der Waals surface area contributed by atoms with Gasteiger partial charge in [-0.3, -0.25) is 4.79 Å². The number of amides is 1. The van der Waals surface area contributed by atoms with Crippen molar-refractivity contribution >= 4 is 29.1 Å². The lowest BCUT2D eigenvalue weighted by Crippen LogP contribution is -2.28. The summed E-state index contributed by atoms with van der Waals surface area (Å²) < 4.78 is 18.4. The van der Waals surface area contributed by atoms with Gasteiger partial charge in [-0.25, -0.2) is 4.39 Å². The maximum absolute atomic E-state index is 13.3. The van der Waals surface area contributed by atoms with Gasteiger partial charge in [-0.15, -0.1) is 11.6 Å². The van der Waals surface area contributed by atoms with E-state index in [1.807, 2.05) is 0 Å². The molecule has 0 atom stereocenters. The predicted octanol–water partition coefficient (Wildman–Crippen LogP) is 2.46. The second-order valence-electron chi connectivity index (χ2n) is 3.15. The molecule has 0 aliphatic heterocycles. The van der Waals surface area contributed by atoms with Crippen LogP contribution in [0.15, 0.2) is 18.2 Å². The lowest BCUT2D eigenvalue weighted by Gasteiger charge is -2.07. The normalized spacial score (nSPS) is 10.3. The van der Waals surface area contributed by atoms with Crippen LogP contribution >= 0.6 is 23.2 Å². The maximum Gasteiger partial charge on any atom is 0.255 e. The van der Waals surface area contributed by atoms with E-state index in [0.717, 1.165) is 0 Å². The van der Waals surface area contributed by atoms with Crippen molar-refractivity contribution in [2.75, 3.05) is 25.6 Å². The number of alkyl halides is 1. The van der Waals surface area contributed by atoms with Gasteiger partial charge >= 0.3 is 0 Å². The third kappa shape index (κ3) is 4.50. The molecule has 1 amide bonds. The van der Waals surface area contributed by atoms with Crippen molar-refractivity contribution < 1.29 is 13.9 Å². The van der Waals surface area contributed by atoms with Crippen LogP contribution in [-0.4, -0.2) is 31.5 Å². The van der Waals surface area contributed by atoms with Crippen molar-refractivity contribution in [1.82, 2.24) is 5.32 Å². The second-order valence-corrected chi connectivity index (χ2v) is 3.94. The third-order valence-corrected chi connectivity index (χ3v) is 2.41. The molecule has 0 spiro atoms. The van der Waals surface area contributed by atoms with Crippen LogP contribution < -0.4 is 5.32 Å². The first-order valence-electron chi connectivity index (χ1n) is 5.02. The molecule has 0 aliphatic rings. The fraction of sp³-hybridized carbons (Fsp3) is 0.364. The Hall–Kier alpha value is -0.840. The summed E-state index contributed by atoms with van der Waals surface area (Å²) >= 11 is 11.1. The topological polar surface area (TPSA) is 38.3 Å². The number of hydrogen-bond acceptors (Lipinski definition) is 2. The van der Waals surface area contributed by atoms with Gasteiger partial charge in [0, 0.05) is 12.4 Å². The van der Waals surface area contributed by atoms with E-state index in [-0.39, 0.29) is 17.1 Å². The highest BCUT2D eigenvalue weighted by Crippen LogP contribution is 2.18. The highest BCUT2D eigenvalue weighted by atomic mass is 35.5. The van der Waals surface area contributed by atoms with Gasteiger partial charge in [0.1, 0.15) is 5.82 Å². The molecular formula is C11H12Cl2FNO2. The Morgan fingerprint density at radius 3 is 2.82 bits per heavy atom. The molecule has 0 saturated carbocycles. The van der Waals surface area contributed by atoms with Gasteiger partial charge < -0.3 is 10.1 Å². The zero-order chi connectivity index (χ0) is 12.7. The molecule has 0 fully saturated rings. The van der Waals surface area contributed by atoms with Crippen LogP contribution in [0.3, 0.4) is 0 Å². The summed E-state index contributed by atoms with van der Waals surface area (Å²) in [5, 5.41) is 2.60. The average Bonchev–Trinajstić information content (AvgIpc) is 2.28. The molecule has 0 heterocycles. The van der Waals surface area contributed by atoms with E-state index in [0.29, 0.717) is 19.1 Å². The fourth-order valence-corrected chi connectivity index (χ4v) is 1.55. The molecule has 0 radical (unpaired) electrons. The highest BCUT2D eigenvalue weighted by molar-refractivity contribution is 6.33. The second kappa shape index (κ2) is 7.48. The summed E-state index contributed by atoms with van der Waals surface area (Å²) in [4.78, 5) is 11.6. The van der Waals surface area contributed by atoms with Gasteiger partial charge in [-0.1, -0.05) is 17.7 Å². The molecule has 1 rings (SSSR count). The van der Waals surface area contributed by atoms with E-state index in [4.69, 9.17) is 27.9 Å². The molecular weight excluding hydrogens is 268 g/mol. The van der Waals surface area contributed by atoms with Gasteiger partial charge in [-0.05, 0) is 12.1 Å². The number of benzene rings is 1. The van der Waals surface area contributed by atoms with Gasteiger partial charge in [0.2, 0.25) is 0 Å². The Morgan fingerprint density at radius 1 is 1.41 bits per heavy atom. The molecule has 0 bridgehead atoms. The van der Waals surface area contributed by atoms with Gasteiger partial charge in [0.05, 0.1) is 23.8 Å². The first-order valence-corrected chi connectivity index (χ1v) is 5.94. The summed E-state index contributed by atoms with van der Waals surface area (Å²) in [6, 6.07) is 4.09. The van der Waals surface area contributed by atoms with Crippen LogP contribution in [0.25, 0.3) is 0 Å². The molecule has 0 aromatic heterocycles. The van der Waals surface area contributed by atoms with E-state index in [1.54, 1.807) is 0 Å². The number of carbonyl (C=O) groups is 1. The van der Waals surface area contributed by atoms with Crippen molar-refractivity contribution in [1.29, 1.82) is 0 Å². The van der Waals surface area contributed by atoms with Crippen LogP contribution in [-0.2, 0) is 4.74 Å². The molecule has 0 saturated heterocycles. The molecule has 1 aromatic carbocycles. The SMILES string of the molecule is O=C(NCCOCCCl)c1c(F)cccc1Cl. The largest absolute Gasteiger partial charge is 0.378 e.